The molecule has 4 nitrogen and oxygen atoms in total. The average Bonchev–Trinajstić information content (AvgIpc) is 3.12. The molecule has 0 spiro atoms. The zero-order valence-corrected chi connectivity index (χ0v) is 14.9. The van der Waals surface area contributed by atoms with Crippen molar-refractivity contribution >= 4 is 28.2 Å². The summed E-state index contributed by atoms with van der Waals surface area (Å²) in [4.78, 5) is 10.6. The zero-order valence-electron chi connectivity index (χ0n) is 14.2. The van der Waals surface area contributed by atoms with Gasteiger partial charge < -0.3 is 10.6 Å². The number of anilines is 1. The van der Waals surface area contributed by atoms with Gasteiger partial charge in [-0.3, -0.25) is 0 Å². The zero-order chi connectivity index (χ0) is 17.4. The summed E-state index contributed by atoms with van der Waals surface area (Å²) in [6, 6.07) is 16.6. The van der Waals surface area contributed by atoms with E-state index in [4.69, 9.17) is 17.3 Å². The molecular weight excluding hydrogens is 332 g/mol. The van der Waals surface area contributed by atoms with Crippen LogP contribution < -0.4 is 10.6 Å². The molecular formula is C20H21ClN4. The lowest BCUT2D eigenvalue weighted by Gasteiger charge is -2.33. The molecule has 1 fully saturated rings. The molecule has 0 saturated carbocycles. The molecule has 1 aliphatic heterocycles. The Hall–Kier alpha value is -2.17. The number of nitrogens with zero attached hydrogens (tertiary/aromatic N) is 3. The van der Waals surface area contributed by atoms with E-state index in [1.54, 1.807) is 0 Å². The molecule has 0 radical (unpaired) electrons. The smallest absolute Gasteiger partial charge is 0.134 e. The summed E-state index contributed by atoms with van der Waals surface area (Å²) in [5.41, 5.74) is 7.69. The second-order valence-corrected chi connectivity index (χ2v) is 7.33. The molecule has 4 rings (SSSR count). The number of fused-ring (bicyclic) bond motifs is 1. The molecule has 1 aliphatic rings. The van der Waals surface area contributed by atoms with E-state index < -0.39 is 5.54 Å². The van der Waals surface area contributed by atoms with Crippen molar-refractivity contribution in [1.29, 1.82) is 0 Å². The number of aromatic nitrogens is 2. The van der Waals surface area contributed by atoms with Gasteiger partial charge in [0.25, 0.3) is 0 Å². The van der Waals surface area contributed by atoms with Crippen LogP contribution in [0.2, 0.25) is 5.15 Å². The van der Waals surface area contributed by atoms with Crippen molar-refractivity contribution in [2.75, 3.05) is 18.0 Å². The molecule has 128 valence electrons. The van der Waals surface area contributed by atoms with Crippen molar-refractivity contribution in [3.8, 4) is 0 Å². The molecule has 25 heavy (non-hydrogen) atoms. The van der Waals surface area contributed by atoms with E-state index >= 15 is 0 Å². The molecule has 5 heteroatoms. The molecule has 2 heterocycles. The van der Waals surface area contributed by atoms with Crippen molar-refractivity contribution in [1.82, 2.24) is 9.97 Å². The predicted molar refractivity (Wildman–Crippen MR) is 103 cm³/mol. The molecule has 2 aromatic carbocycles. The van der Waals surface area contributed by atoms with Crippen molar-refractivity contribution in [2.45, 2.75) is 18.9 Å². The Bertz CT molecular complexity index is 904. The minimum atomic E-state index is -0.410. The Morgan fingerprint density at radius 3 is 2.80 bits per heavy atom. The third kappa shape index (κ3) is 2.96. The Labute approximate surface area is 152 Å². The highest BCUT2D eigenvalue weighted by molar-refractivity contribution is 6.29. The lowest BCUT2D eigenvalue weighted by Crippen LogP contribution is -2.42. The summed E-state index contributed by atoms with van der Waals surface area (Å²) in [5, 5.41) is 2.94. The van der Waals surface area contributed by atoms with Gasteiger partial charge >= 0.3 is 0 Å². The third-order valence-electron chi connectivity index (χ3n) is 5.35. The number of halogens is 1. The van der Waals surface area contributed by atoms with Crippen LogP contribution in [0.5, 0.6) is 0 Å². The Kier molecular flexibility index (Phi) is 4.10. The number of hydrogen-bond acceptors (Lipinski definition) is 4. The summed E-state index contributed by atoms with van der Waals surface area (Å²) >= 11 is 6.01. The fourth-order valence-electron chi connectivity index (χ4n) is 3.87. The lowest BCUT2D eigenvalue weighted by molar-refractivity contribution is 0.329. The van der Waals surface area contributed by atoms with Crippen LogP contribution in [0.3, 0.4) is 0 Å². The van der Waals surface area contributed by atoms with Crippen molar-refractivity contribution in [2.24, 2.45) is 11.7 Å². The van der Waals surface area contributed by atoms with Gasteiger partial charge in [-0.25, -0.2) is 9.97 Å². The fourth-order valence-corrected chi connectivity index (χ4v) is 4.01. The highest BCUT2D eigenvalue weighted by Gasteiger charge is 2.38. The van der Waals surface area contributed by atoms with Crippen LogP contribution in [-0.4, -0.2) is 23.1 Å². The van der Waals surface area contributed by atoms with Gasteiger partial charge in [0.2, 0.25) is 0 Å². The van der Waals surface area contributed by atoms with Crippen molar-refractivity contribution in [3.05, 3.63) is 65.6 Å². The van der Waals surface area contributed by atoms with Gasteiger partial charge in [-0.15, -0.1) is 0 Å². The average molecular weight is 353 g/mol. The van der Waals surface area contributed by atoms with Gasteiger partial charge in [0.1, 0.15) is 17.3 Å². The van der Waals surface area contributed by atoms with Crippen LogP contribution in [0.4, 0.5) is 5.82 Å². The van der Waals surface area contributed by atoms with E-state index in [0.29, 0.717) is 11.1 Å². The summed E-state index contributed by atoms with van der Waals surface area (Å²) in [5.74, 6) is 1.21. The maximum Gasteiger partial charge on any atom is 0.134 e. The van der Waals surface area contributed by atoms with Crippen LogP contribution in [0.25, 0.3) is 10.8 Å². The van der Waals surface area contributed by atoms with Crippen LogP contribution >= 0.6 is 11.6 Å². The maximum absolute atomic E-state index is 6.89. The highest BCUT2D eigenvalue weighted by atomic mass is 35.5. The SMILES string of the molecule is C[C@@](N)(c1cccc2ccccc12)[C@H]1CCN(c2cc(Cl)ncn2)C1. The number of nitrogens with two attached hydrogens (primary N) is 1. The second-order valence-electron chi connectivity index (χ2n) is 6.94. The molecule has 0 bridgehead atoms. The molecule has 0 aliphatic carbocycles. The van der Waals surface area contributed by atoms with E-state index in [1.165, 1.54) is 22.7 Å². The van der Waals surface area contributed by atoms with Gasteiger partial charge in [0, 0.05) is 30.6 Å². The normalized spacial score (nSPS) is 20.0. The standard InChI is InChI=1S/C20H21ClN4/c1-20(22,17-8-4-6-14-5-2-3-7-16(14)17)15-9-10-25(12-15)19-11-18(21)23-13-24-19/h2-8,11,13,15H,9-10,12,22H2,1H3/t15-,20-/m0/s1. The minimum absolute atomic E-state index is 0.340. The first-order valence-electron chi connectivity index (χ1n) is 8.55. The first kappa shape index (κ1) is 16.3. The fraction of sp³-hybridized carbons (Fsp3) is 0.300. The summed E-state index contributed by atoms with van der Waals surface area (Å²) in [7, 11) is 0. The molecule has 2 atom stereocenters. The van der Waals surface area contributed by atoms with Crippen LogP contribution in [0.1, 0.15) is 18.9 Å². The minimum Gasteiger partial charge on any atom is -0.356 e. The number of hydrogen-bond donors (Lipinski definition) is 1. The first-order chi connectivity index (χ1) is 12.1. The largest absolute Gasteiger partial charge is 0.356 e. The summed E-state index contributed by atoms with van der Waals surface area (Å²) in [6.07, 6.45) is 2.54. The van der Waals surface area contributed by atoms with Gasteiger partial charge in [-0.1, -0.05) is 54.1 Å². The Morgan fingerprint density at radius 1 is 1.16 bits per heavy atom. The van der Waals surface area contributed by atoms with Crippen LogP contribution in [0, 0.1) is 5.92 Å². The van der Waals surface area contributed by atoms with Gasteiger partial charge in [0.05, 0.1) is 0 Å². The van der Waals surface area contributed by atoms with Gasteiger partial charge in [0.15, 0.2) is 0 Å². The van der Waals surface area contributed by atoms with E-state index in [1.807, 2.05) is 6.07 Å². The van der Waals surface area contributed by atoms with Gasteiger partial charge in [-0.2, -0.15) is 0 Å². The van der Waals surface area contributed by atoms with E-state index in [0.717, 1.165) is 25.3 Å². The highest BCUT2D eigenvalue weighted by Crippen LogP contribution is 2.38. The van der Waals surface area contributed by atoms with Crippen LogP contribution in [-0.2, 0) is 5.54 Å². The van der Waals surface area contributed by atoms with E-state index in [2.05, 4.69) is 64.3 Å². The van der Waals surface area contributed by atoms with Crippen molar-refractivity contribution < 1.29 is 0 Å². The monoisotopic (exact) mass is 352 g/mol. The molecule has 1 aromatic heterocycles. The predicted octanol–water partition coefficient (Wildman–Crippen LogP) is 3.98. The second kappa shape index (κ2) is 6.28. The number of rotatable bonds is 3. The molecule has 2 N–H and O–H groups in total. The quantitative estimate of drug-likeness (QED) is 0.724. The van der Waals surface area contributed by atoms with Gasteiger partial charge in [-0.05, 0) is 29.7 Å². The topological polar surface area (TPSA) is 55.0 Å². The van der Waals surface area contributed by atoms with E-state index in [-0.39, 0.29) is 0 Å². The Morgan fingerprint density at radius 2 is 1.96 bits per heavy atom. The van der Waals surface area contributed by atoms with Crippen molar-refractivity contribution in [3.63, 3.8) is 0 Å². The number of benzene rings is 2. The molecule has 3 aromatic rings. The molecule has 0 amide bonds. The molecule has 0 unspecified atom stereocenters. The summed E-state index contributed by atoms with van der Waals surface area (Å²) < 4.78 is 0. The van der Waals surface area contributed by atoms with E-state index in [9.17, 15) is 0 Å². The maximum atomic E-state index is 6.89. The van der Waals surface area contributed by atoms with Crippen LogP contribution in [0.15, 0.2) is 54.9 Å². The lowest BCUT2D eigenvalue weighted by atomic mass is 9.78. The Balaban J connectivity index is 1.65. The summed E-state index contributed by atoms with van der Waals surface area (Å²) in [6.45, 7) is 3.94. The third-order valence-corrected chi connectivity index (χ3v) is 5.56. The molecule has 1 saturated heterocycles. The first-order valence-corrected chi connectivity index (χ1v) is 8.93.